The fourth-order valence-corrected chi connectivity index (χ4v) is 2.25. The summed E-state index contributed by atoms with van der Waals surface area (Å²) in [5.41, 5.74) is 9.72. The molecule has 0 spiro atoms. The van der Waals surface area contributed by atoms with Gasteiger partial charge in [-0.15, -0.1) is 10.2 Å². The van der Waals surface area contributed by atoms with E-state index in [-0.39, 0.29) is 6.04 Å². The highest BCUT2D eigenvalue weighted by Crippen LogP contribution is 2.15. The number of hydrogen-bond acceptors (Lipinski definition) is 5. The Morgan fingerprint density at radius 3 is 2.47 bits per heavy atom. The van der Waals surface area contributed by atoms with Gasteiger partial charge in [-0.1, -0.05) is 0 Å². The molecule has 2 heterocycles. The Morgan fingerprint density at radius 2 is 1.95 bits per heavy atom. The molecular weight excluding hydrogens is 242 g/mol. The zero-order chi connectivity index (χ0) is 14.0. The highest BCUT2D eigenvalue weighted by Gasteiger charge is 2.13. The van der Waals surface area contributed by atoms with Gasteiger partial charge in [-0.25, -0.2) is 0 Å². The Hall–Kier alpha value is -1.76. The number of aryl methyl sites for hydroxylation is 3. The summed E-state index contributed by atoms with van der Waals surface area (Å²) in [5, 5.41) is 16.3. The molecule has 0 aromatic carbocycles. The van der Waals surface area contributed by atoms with Gasteiger partial charge < -0.3 is 5.73 Å². The third-order valence-electron chi connectivity index (χ3n) is 3.42. The number of nitrogens with zero attached hydrogens (tertiary/aromatic N) is 6. The van der Waals surface area contributed by atoms with Crippen molar-refractivity contribution in [2.45, 2.75) is 39.2 Å². The second-order valence-electron chi connectivity index (χ2n) is 4.97. The third-order valence-corrected chi connectivity index (χ3v) is 3.42. The summed E-state index contributed by atoms with van der Waals surface area (Å²) >= 11 is 0. The average molecular weight is 263 g/mol. The van der Waals surface area contributed by atoms with Crippen LogP contribution in [0.25, 0.3) is 0 Å². The van der Waals surface area contributed by atoms with Gasteiger partial charge in [-0.05, 0) is 37.5 Å². The molecule has 19 heavy (non-hydrogen) atoms. The summed E-state index contributed by atoms with van der Waals surface area (Å²) in [5.74, 6) is 0.703. The fourth-order valence-electron chi connectivity index (χ4n) is 2.25. The summed E-state index contributed by atoms with van der Waals surface area (Å²) < 4.78 is 1.92. The quantitative estimate of drug-likeness (QED) is 0.824. The Balaban J connectivity index is 1.91. The van der Waals surface area contributed by atoms with E-state index >= 15 is 0 Å². The lowest BCUT2D eigenvalue weighted by atomic mass is 10.0. The van der Waals surface area contributed by atoms with E-state index in [0.29, 0.717) is 12.2 Å². The molecule has 2 rings (SSSR count). The van der Waals surface area contributed by atoms with Crippen molar-refractivity contribution in [2.75, 3.05) is 0 Å². The van der Waals surface area contributed by atoms with E-state index in [2.05, 4.69) is 27.4 Å². The molecule has 7 heteroatoms. The molecule has 7 nitrogen and oxygen atoms in total. The predicted octanol–water partition coefficient (Wildman–Crippen LogP) is 0.0630. The van der Waals surface area contributed by atoms with Gasteiger partial charge in [0.05, 0.1) is 12.7 Å². The first-order chi connectivity index (χ1) is 8.97. The zero-order valence-electron chi connectivity index (χ0n) is 12.0. The van der Waals surface area contributed by atoms with E-state index in [1.54, 1.807) is 7.05 Å². The molecule has 2 N–H and O–H groups in total. The van der Waals surface area contributed by atoms with Crippen molar-refractivity contribution in [3.8, 4) is 0 Å². The van der Waals surface area contributed by atoms with Gasteiger partial charge in [-0.3, -0.25) is 4.68 Å². The van der Waals surface area contributed by atoms with Crippen molar-refractivity contribution >= 4 is 0 Å². The number of tetrazole rings is 1. The first kappa shape index (κ1) is 13.7. The molecule has 1 atom stereocenters. The maximum atomic E-state index is 6.13. The first-order valence-electron chi connectivity index (χ1n) is 6.45. The molecule has 0 amide bonds. The van der Waals surface area contributed by atoms with E-state index in [1.165, 1.54) is 16.1 Å². The fraction of sp³-hybridized carbons (Fsp3) is 0.667. The van der Waals surface area contributed by atoms with Gasteiger partial charge in [0, 0.05) is 25.2 Å². The Labute approximate surface area is 112 Å². The Morgan fingerprint density at radius 1 is 1.21 bits per heavy atom. The molecule has 2 aromatic rings. The van der Waals surface area contributed by atoms with E-state index in [4.69, 9.17) is 5.73 Å². The second-order valence-corrected chi connectivity index (χ2v) is 4.97. The number of nitrogens with two attached hydrogens (primary N) is 1. The molecule has 104 valence electrons. The van der Waals surface area contributed by atoms with Crippen LogP contribution in [0.15, 0.2) is 0 Å². The average Bonchev–Trinajstić information content (AvgIpc) is 2.83. The minimum atomic E-state index is 0.0446. The van der Waals surface area contributed by atoms with E-state index < -0.39 is 0 Å². The summed E-state index contributed by atoms with van der Waals surface area (Å²) in [6, 6.07) is 0.0446. The van der Waals surface area contributed by atoms with Crippen LogP contribution in [-0.2, 0) is 26.9 Å². The van der Waals surface area contributed by atoms with Gasteiger partial charge in [0.25, 0.3) is 0 Å². The monoisotopic (exact) mass is 263 g/mol. The van der Waals surface area contributed by atoms with Crippen molar-refractivity contribution in [3.05, 3.63) is 22.8 Å². The molecule has 0 aliphatic rings. The molecule has 0 radical (unpaired) electrons. The van der Waals surface area contributed by atoms with Crippen molar-refractivity contribution in [3.63, 3.8) is 0 Å². The molecule has 0 fully saturated rings. The standard InChI is InChI=1S/C12H21N7/c1-8-11(9(2)18(3)15-8)6-5-10(13)7-12-14-17-19(4)16-12/h10H,5-7,13H2,1-4H3. The van der Waals surface area contributed by atoms with Crippen LogP contribution in [0.5, 0.6) is 0 Å². The predicted molar refractivity (Wildman–Crippen MR) is 71.5 cm³/mol. The number of hydrogen-bond donors (Lipinski definition) is 1. The van der Waals surface area contributed by atoms with Gasteiger partial charge in [0.2, 0.25) is 0 Å². The zero-order valence-corrected chi connectivity index (χ0v) is 12.0. The SMILES string of the molecule is Cc1nn(C)c(C)c1CCC(N)Cc1nnn(C)n1. The van der Waals surface area contributed by atoms with Gasteiger partial charge >= 0.3 is 0 Å². The van der Waals surface area contributed by atoms with Crippen LogP contribution in [0.4, 0.5) is 0 Å². The molecule has 0 bridgehead atoms. The normalized spacial score (nSPS) is 12.9. The van der Waals surface area contributed by atoms with Crippen LogP contribution < -0.4 is 5.73 Å². The first-order valence-corrected chi connectivity index (χ1v) is 6.45. The molecular formula is C12H21N7. The van der Waals surface area contributed by atoms with Gasteiger partial charge in [0.15, 0.2) is 5.82 Å². The molecule has 1 unspecified atom stereocenters. The van der Waals surface area contributed by atoms with Crippen LogP contribution in [0, 0.1) is 13.8 Å². The molecule has 0 saturated heterocycles. The van der Waals surface area contributed by atoms with Gasteiger partial charge in [-0.2, -0.15) is 9.90 Å². The van der Waals surface area contributed by atoms with Crippen molar-refractivity contribution in [2.24, 2.45) is 19.8 Å². The molecule has 0 saturated carbocycles. The summed E-state index contributed by atoms with van der Waals surface area (Å²) in [6.45, 7) is 4.13. The van der Waals surface area contributed by atoms with E-state index in [1.807, 2.05) is 18.7 Å². The lowest BCUT2D eigenvalue weighted by molar-refractivity contribution is 0.585. The number of aromatic nitrogens is 6. The summed E-state index contributed by atoms with van der Waals surface area (Å²) in [6.07, 6.45) is 2.49. The smallest absolute Gasteiger partial charge is 0.176 e. The lowest BCUT2D eigenvalue weighted by Gasteiger charge is -2.09. The summed E-state index contributed by atoms with van der Waals surface area (Å²) in [7, 11) is 3.72. The van der Waals surface area contributed by atoms with Crippen molar-refractivity contribution in [1.29, 1.82) is 0 Å². The summed E-state index contributed by atoms with van der Waals surface area (Å²) in [4.78, 5) is 1.46. The number of rotatable bonds is 5. The highest BCUT2D eigenvalue weighted by atomic mass is 15.6. The van der Waals surface area contributed by atoms with Crippen LogP contribution >= 0.6 is 0 Å². The topological polar surface area (TPSA) is 87.4 Å². The van der Waals surface area contributed by atoms with E-state index in [0.717, 1.165) is 18.5 Å². The third kappa shape index (κ3) is 3.17. The van der Waals surface area contributed by atoms with Crippen LogP contribution in [0.1, 0.15) is 29.2 Å². The largest absolute Gasteiger partial charge is 0.327 e. The highest BCUT2D eigenvalue weighted by molar-refractivity contribution is 5.24. The van der Waals surface area contributed by atoms with Crippen LogP contribution in [0.3, 0.4) is 0 Å². The van der Waals surface area contributed by atoms with Crippen molar-refractivity contribution < 1.29 is 0 Å². The lowest BCUT2D eigenvalue weighted by Crippen LogP contribution is -2.24. The minimum absolute atomic E-state index is 0.0446. The Kier molecular flexibility index (Phi) is 3.94. The van der Waals surface area contributed by atoms with Crippen molar-refractivity contribution in [1.82, 2.24) is 30.0 Å². The maximum Gasteiger partial charge on any atom is 0.176 e. The molecule has 0 aliphatic heterocycles. The molecule has 2 aromatic heterocycles. The molecule has 0 aliphatic carbocycles. The Bertz CT molecular complexity index is 554. The maximum absolute atomic E-state index is 6.13. The second kappa shape index (κ2) is 5.48. The van der Waals surface area contributed by atoms with Crippen LogP contribution in [0.2, 0.25) is 0 Å². The van der Waals surface area contributed by atoms with Gasteiger partial charge in [0.1, 0.15) is 0 Å². The van der Waals surface area contributed by atoms with E-state index in [9.17, 15) is 0 Å². The van der Waals surface area contributed by atoms with Crippen LogP contribution in [-0.4, -0.2) is 36.0 Å². The minimum Gasteiger partial charge on any atom is -0.327 e.